The highest BCUT2D eigenvalue weighted by atomic mass is 35.5. The third kappa shape index (κ3) is 5.05. The van der Waals surface area contributed by atoms with Gasteiger partial charge < -0.3 is 15.7 Å². The Morgan fingerprint density at radius 1 is 1.24 bits per heavy atom. The summed E-state index contributed by atoms with van der Waals surface area (Å²) >= 11 is 6.14. The standard InChI is InChI=1S/C20H25ClN2O2/c1-20(13-18(22)24,16-5-4-6-17(21)11-16)12-14-7-9-15(10-8-14)19(25)23(2)3/h4-11,18,24H,12-13,22H2,1-3H3/t18-,20?/m1/s1. The van der Waals surface area contributed by atoms with Crippen LogP contribution in [0.25, 0.3) is 0 Å². The first-order valence-electron chi connectivity index (χ1n) is 8.21. The Bertz CT molecular complexity index is 729. The summed E-state index contributed by atoms with van der Waals surface area (Å²) in [6, 6.07) is 15.2. The second kappa shape index (κ2) is 8.00. The van der Waals surface area contributed by atoms with Gasteiger partial charge in [-0.3, -0.25) is 4.79 Å². The van der Waals surface area contributed by atoms with Crippen molar-refractivity contribution in [1.29, 1.82) is 0 Å². The van der Waals surface area contributed by atoms with Gasteiger partial charge in [-0.2, -0.15) is 0 Å². The van der Waals surface area contributed by atoms with Crippen LogP contribution in [0.1, 0.15) is 34.8 Å². The minimum atomic E-state index is -0.918. The van der Waals surface area contributed by atoms with Gasteiger partial charge in [0, 0.05) is 30.1 Å². The molecule has 0 spiro atoms. The smallest absolute Gasteiger partial charge is 0.253 e. The molecular formula is C20H25ClN2O2. The first-order valence-corrected chi connectivity index (χ1v) is 8.59. The van der Waals surface area contributed by atoms with Crippen molar-refractivity contribution in [2.45, 2.75) is 31.4 Å². The van der Waals surface area contributed by atoms with Crippen LogP contribution in [0, 0.1) is 0 Å². The predicted molar refractivity (Wildman–Crippen MR) is 102 cm³/mol. The van der Waals surface area contributed by atoms with Gasteiger partial charge in [-0.1, -0.05) is 42.8 Å². The average molecular weight is 361 g/mol. The van der Waals surface area contributed by atoms with Crippen molar-refractivity contribution in [2.75, 3.05) is 14.1 Å². The van der Waals surface area contributed by atoms with E-state index in [-0.39, 0.29) is 11.3 Å². The van der Waals surface area contributed by atoms with Gasteiger partial charge in [0.25, 0.3) is 5.91 Å². The van der Waals surface area contributed by atoms with Crippen LogP contribution >= 0.6 is 11.6 Å². The highest BCUT2D eigenvalue weighted by Gasteiger charge is 2.29. The molecule has 25 heavy (non-hydrogen) atoms. The summed E-state index contributed by atoms with van der Waals surface area (Å²) in [7, 11) is 3.46. The first kappa shape index (κ1) is 19.4. The number of halogens is 1. The highest BCUT2D eigenvalue weighted by molar-refractivity contribution is 6.30. The molecule has 5 heteroatoms. The number of hydrogen-bond acceptors (Lipinski definition) is 3. The van der Waals surface area contributed by atoms with E-state index in [9.17, 15) is 9.90 Å². The lowest BCUT2D eigenvalue weighted by atomic mass is 9.74. The van der Waals surface area contributed by atoms with Crippen LogP contribution < -0.4 is 5.73 Å². The van der Waals surface area contributed by atoms with Crippen LogP contribution in [-0.4, -0.2) is 36.2 Å². The van der Waals surface area contributed by atoms with Gasteiger partial charge in [0.05, 0.1) is 0 Å². The van der Waals surface area contributed by atoms with Crippen LogP contribution in [0.2, 0.25) is 5.02 Å². The summed E-state index contributed by atoms with van der Waals surface area (Å²) in [4.78, 5) is 13.6. The molecule has 0 bridgehead atoms. The molecule has 1 unspecified atom stereocenters. The van der Waals surface area contributed by atoms with E-state index in [4.69, 9.17) is 17.3 Å². The Labute approximate surface area is 154 Å². The van der Waals surface area contributed by atoms with Crippen molar-refractivity contribution >= 4 is 17.5 Å². The fourth-order valence-corrected chi connectivity index (χ4v) is 3.28. The monoisotopic (exact) mass is 360 g/mol. The minimum Gasteiger partial charge on any atom is -0.379 e. The van der Waals surface area contributed by atoms with Crippen molar-refractivity contribution in [1.82, 2.24) is 4.90 Å². The number of carbonyl (C=O) groups excluding carboxylic acids is 1. The fraction of sp³-hybridized carbons (Fsp3) is 0.350. The molecule has 0 fully saturated rings. The third-order valence-corrected chi connectivity index (χ3v) is 4.62. The van der Waals surface area contributed by atoms with E-state index in [1.54, 1.807) is 19.0 Å². The van der Waals surface area contributed by atoms with E-state index < -0.39 is 6.23 Å². The molecule has 3 N–H and O–H groups in total. The third-order valence-electron chi connectivity index (χ3n) is 4.38. The number of aliphatic hydroxyl groups excluding tert-OH is 1. The summed E-state index contributed by atoms with van der Waals surface area (Å²) in [5.74, 6) is -0.0264. The Balaban J connectivity index is 2.29. The lowest BCUT2D eigenvalue weighted by molar-refractivity contribution is 0.0827. The molecule has 1 amide bonds. The second-order valence-electron chi connectivity index (χ2n) is 6.92. The number of nitrogens with zero attached hydrogens (tertiary/aromatic N) is 1. The summed E-state index contributed by atoms with van der Waals surface area (Å²) < 4.78 is 0. The van der Waals surface area contributed by atoms with Gasteiger partial charge in [0.1, 0.15) is 6.23 Å². The summed E-state index contributed by atoms with van der Waals surface area (Å²) in [6.07, 6.45) is 0.169. The first-order chi connectivity index (χ1) is 11.7. The number of amides is 1. The molecule has 0 radical (unpaired) electrons. The Hall–Kier alpha value is -1.88. The van der Waals surface area contributed by atoms with Crippen LogP contribution in [0.5, 0.6) is 0 Å². The van der Waals surface area contributed by atoms with Crippen molar-refractivity contribution in [2.24, 2.45) is 5.73 Å². The molecule has 2 aromatic rings. The molecule has 0 aromatic heterocycles. The molecule has 0 saturated heterocycles. The largest absolute Gasteiger partial charge is 0.379 e. The van der Waals surface area contributed by atoms with Crippen LogP contribution in [0.3, 0.4) is 0 Å². The number of nitrogens with two attached hydrogens (primary N) is 1. The van der Waals surface area contributed by atoms with Gasteiger partial charge in [0.15, 0.2) is 0 Å². The van der Waals surface area contributed by atoms with Gasteiger partial charge in [-0.25, -0.2) is 0 Å². The zero-order valence-electron chi connectivity index (χ0n) is 14.9. The summed E-state index contributed by atoms with van der Waals surface area (Å²) in [5.41, 5.74) is 8.05. The van der Waals surface area contributed by atoms with E-state index in [1.165, 1.54) is 0 Å². The second-order valence-corrected chi connectivity index (χ2v) is 7.35. The zero-order valence-corrected chi connectivity index (χ0v) is 15.6. The molecular weight excluding hydrogens is 336 g/mol. The van der Waals surface area contributed by atoms with Gasteiger partial charge in [-0.15, -0.1) is 0 Å². The van der Waals surface area contributed by atoms with Crippen molar-refractivity contribution in [3.05, 3.63) is 70.2 Å². The lowest BCUT2D eigenvalue weighted by Gasteiger charge is -2.32. The maximum atomic E-state index is 12.0. The quantitative estimate of drug-likeness (QED) is 0.777. The maximum Gasteiger partial charge on any atom is 0.253 e. The predicted octanol–water partition coefficient (Wildman–Crippen LogP) is 3.21. The van der Waals surface area contributed by atoms with Crippen molar-refractivity contribution in [3.63, 3.8) is 0 Å². The molecule has 0 heterocycles. The number of rotatable bonds is 6. The Morgan fingerprint density at radius 2 is 1.88 bits per heavy atom. The summed E-state index contributed by atoms with van der Waals surface area (Å²) in [5, 5.41) is 10.4. The maximum absolute atomic E-state index is 12.0. The van der Waals surface area contributed by atoms with E-state index in [0.29, 0.717) is 23.4 Å². The highest BCUT2D eigenvalue weighted by Crippen LogP contribution is 2.33. The zero-order chi connectivity index (χ0) is 18.6. The van der Waals surface area contributed by atoms with Gasteiger partial charge in [0.2, 0.25) is 0 Å². The molecule has 0 aliphatic carbocycles. The molecule has 134 valence electrons. The van der Waals surface area contributed by atoms with Gasteiger partial charge in [-0.05, 0) is 48.2 Å². The van der Waals surface area contributed by atoms with E-state index in [2.05, 4.69) is 6.92 Å². The van der Waals surface area contributed by atoms with E-state index in [1.807, 2.05) is 48.5 Å². The number of hydrogen-bond donors (Lipinski definition) is 2. The lowest BCUT2D eigenvalue weighted by Crippen LogP contribution is -2.34. The SMILES string of the molecule is CN(C)C(=O)c1ccc(CC(C)(C[C@H](N)O)c2cccc(Cl)c2)cc1. The van der Waals surface area contributed by atoms with E-state index >= 15 is 0 Å². The van der Waals surface area contributed by atoms with Crippen molar-refractivity contribution in [3.8, 4) is 0 Å². The molecule has 0 aliphatic heterocycles. The molecule has 4 nitrogen and oxygen atoms in total. The van der Waals surface area contributed by atoms with E-state index in [0.717, 1.165) is 11.1 Å². The van der Waals surface area contributed by atoms with Crippen molar-refractivity contribution < 1.29 is 9.90 Å². The number of aliphatic hydroxyl groups is 1. The Kier molecular flexibility index (Phi) is 6.22. The van der Waals surface area contributed by atoms with Crippen LogP contribution in [0.15, 0.2) is 48.5 Å². The normalized spacial score (nSPS) is 14.6. The van der Waals surface area contributed by atoms with Gasteiger partial charge >= 0.3 is 0 Å². The Morgan fingerprint density at radius 3 is 2.40 bits per heavy atom. The molecule has 2 aromatic carbocycles. The minimum absolute atomic E-state index is 0.0264. The number of benzene rings is 2. The fourth-order valence-electron chi connectivity index (χ4n) is 3.09. The average Bonchev–Trinajstić information content (AvgIpc) is 2.54. The molecule has 0 saturated carbocycles. The van der Waals surface area contributed by atoms with Crippen LogP contribution in [-0.2, 0) is 11.8 Å². The molecule has 0 aliphatic rings. The van der Waals surface area contributed by atoms with Crippen LogP contribution in [0.4, 0.5) is 0 Å². The number of carbonyl (C=O) groups is 1. The molecule has 2 rings (SSSR count). The molecule has 2 atom stereocenters. The summed E-state index contributed by atoms with van der Waals surface area (Å²) in [6.45, 7) is 2.06. The topological polar surface area (TPSA) is 66.6 Å².